The Hall–Kier alpha value is -2.43. The first-order chi connectivity index (χ1) is 14.7. The second kappa shape index (κ2) is 7.32. The van der Waals surface area contributed by atoms with Crippen molar-refractivity contribution in [2.45, 2.75) is 37.9 Å². The zero-order chi connectivity index (χ0) is 21.9. The molecule has 0 spiro atoms. The number of benzene rings is 1. The Bertz CT molecular complexity index is 1140. The molecule has 0 radical (unpaired) electrons. The van der Waals surface area contributed by atoms with E-state index in [4.69, 9.17) is 11.6 Å². The molecule has 11 heteroatoms. The molecule has 0 aliphatic heterocycles. The Morgan fingerprint density at radius 1 is 1.16 bits per heavy atom. The third-order valence-electron chi connectivity index (χ3n) is 6.23. The maximum atomic E-state index is 12.9. The number of aromatic nitrogens is 4. The van der Waals surface area contributed by atoms with E-state index in [2.05, 4.69) is 20.3 Å². The minimum absolute atomic E-state index is 0.0305. The minimum atomic E-state index is -4.42. The second-order valence-corrected chi connectivity index (χ2v) is 8.51. The zero-order valence-corrected chi connectivity index (χ0v) is 16.8. The number of anilines is 1. The van der Waals surface area contributed by atoms with E-state index in [0.717, 1.165) is 18.6 Å². The highest BCUT2D eigenvalue weighted by Gasteiger charge is 2.58. The average molecular weight is 454 g/mol. The number of nitrogens with one attached hydrogen (secondary N) is 1. The molecule has 0 bridgehead atoms. The highest BCUT2D eigenvalue weighted by Crippen LogP contribution is 2.56. The Morgan fingerprint density at radius 3 is 2.68 bits per heavy atom. The van der Waals surface area contributed by atoms with Crippen molar-refractivity contribution in [1.29, 1.82) is 0 Å². The van der Waals surface area contributed by atoms with E-state index in [1.165, 1.54) is 6.07 Å². The number of imidazole rings is 1. The highest BCUT2D eigenvalue weighted by atomic mass is 35.5. The predicted molar refractivity (Wildman–Crippen MR) is 106 cm³/mol. The number of rotatable bonds is 5. The molecule has 2 heterocycles. The molecule has 2 aliphatic carbocycles. The van der Waals surface area contributed by atoms with Crippen LogP contribution in [0.5, 0.6) is 0 Å². The van der Waals surface area contributed by atoms with E-state index in [1.807, 2.05) is 0 Å². The molecule has 31 heavy (non-hydrogen) atoms. The van der Waals surface area contributed by atoms with Gasteiger partial charge in [0.05, 0.1) is 24.1 Å². The number of nitrogens with zero attached hydrogens (tertiary/aromatic N) is 4. The minimum Gasteiger partial charge on any atom is -0.390 e. The average Bonchev–Trinajstić information content (AvgIpc) is 3.36. The van der Waals surface area contributed by atoms with E-state index >= 15 is 0 Å². The third kappa shape index (κ3) is 3.72. The van der Waals surface area contributed by atoms with Crippen molar-refractivity contribution in [3.8, 4) is 0 Å². The van der Waals surface area contributed by atoms with Gasteiger partial charge in [-0.15, -0.1) is 0 Å². The molecular formula is C20H19ClF3N5O2. The molecule has 164 valence electrons. The van der Waals surface area contributed by atoms with E-state index in [0.29, 0.717) is 29.1 Å². The zero-order valence-electron chi connectivity index (χ0n) is 16.1. The van der Waals surface area contributed by atoms with Crippen LogP contribution in [0.15, 0.2) is 30.6 Å². The normalized spacial score (nSPS) is 27.5. The number of aliphatic hydroxyl groups is 2. The van der Waals surface area contributed by atoms with E-state index in [1.54, 1.807) is 17.0 Å². The fraction of sp³-hybridized carbons (Fsp3) is 0.450. The summed E-state index contributed by atoms with van der Waals surface area (Å²) in [6, 6.07) is 5.03. The van der Waals surface area contributed by atoms with Crippen LogP contribution >= 0.6 is 11.6 Å². The quantitative estimate of drug-likeness (QED) is 0.514. The van der Waals surface area contributed by atoms with Gasteiger partial charge in [-0.25, -0.2) is 4.98 Å². The molecule has 3 aromatic rings. The van der Waals surface area contributed by atoms with Gasteiger partial charge in [0.2, 0.25) is 5.28 Å². The van der Waals surface area contributed by atoms with Gasteiger partial charge in [0.25, 0.3) is 0 Å². The molecule has 2 fully saturated rings. The van der Waals surface area contributed by atoms with Crippen LogP contribution in [0.3, 0.4) is 0 Å². The molecule has 0 unspecified atom stereocenters. The highest BCUT2D eigenvalue weighted by molar-refractivity contribution is 6.28. The summed E-state index contributed by atoms with van der Waals surface area (Å²) < 4.78 is 40.6. The van der Waals surface area contributed by atoms with Crippen LogP contribution in [0.4, 0.5) is 19.0 Å². The van der Waals surface area contributed by atoms with Crippen LogP contribution in [0.1, 0.15) is 17.5 Å². The summed E-state index contributed by atoms with van der Waals surface area (Å²) >= 11 is 6.08. The van der Waals surface area contributed by atoms with Crippen molar-refractivity contribution in [3.05, 3.63) is 47.0 Å². The topological polar surface area (TPSA) is 96.1 Å². The standard InChI is InChI=1S/C20H19ClF3N5O2/c21-19-27-17(25-6-9-2-1-3-10(4-9)20(22,23)24)14-18(28-19)29(8-26-14)7-13-11-5-12(11)15(30)16(13)31/h1-4,8,11-13,15-16,30-31H,5-7H2,(H,25,27,28)/t11-,12+,13+,15+,16-/m0/s1. The van der Waals surface area contributed by atoms with Crippen molar-refractivity contribution >= 4 is 28.6 Å². The number of halogens is 4. The van der Waals surface area contributed by atoms with Gasteiger partial charge in [0.1, 0.15) is 0 Å². The molecule has 2 saturated carbocycles. The molecule has 7 nitrogen and oxygen atoms in total. The van der Waals surface area contributed by atoms with Gasteiger partial charge < -0.3 is 20.1 Å². The smallest absolute Gasteiger partial charge is 0.390 e. The molecule has 0 amide bonds. The van der Waals surface area contributed by atoms with E-state index in [9.17, 15) is 23.4 Å². The Balaban J connectivity index is 1.38. The SMILES string of the molecule is O[C@@H]1[C@H](O)[C@@H]2C[C@@H]2[C@H]1Cn1cnc2c(NCc3cccc(C(F)(F)F)c3)nc(Cl)nc21. The Morgan fingerprint density at radius 2 is 1.97 bits per heavy atom. The monoisotopic (exact) mass is 453 g/mol. The van der Waals surface area contributed by atoms with Gasteiger partial charge >= 0.3 is 6.18 Å². The summed E-state index contributed by atoms with van der Waals surface area (Å²) in [5.41, 5.74) is 0.590. The summed E-state index contributed by atoms with van der Waals surface area (Å²) in [5.74, 6) is 0.631. The van der Waals surface area contributed by atoms with E-state index in [-0.39, 0.29) is 29.6 Å². The van der Waals surface area contributed by atoms with Crippen LogP contribution in [0, 0.1) is 17.8 Å². The first-order valence-corrected chi connectivity index (χ1v) is 10.2. The number of hydrogen-bond acceptors (Lipinski definition) is 6. The molecule has 2 aromatic heterocycles. The lowest BCUT2D eigenvalue weighted by Gasteiger charge is -2.21. The molecule has 1 aromatic carbocycles. The van der Waals surface area contributed by atoms with Gasteiger partial charge in [0, 0.05) is 19.0 Å². The molecular weight excluding hydrogens is 435 g/mol. The van der Waals surface area contributed by atoms with Crippen LogP contribution in [-0.2, 0) is 19.3 Å². The first kappa shape index (κ1) is 20.5. The molecule has 5 rings (SSSR count). The van der Waals surface area contributed by atoms with Crippen LogP contribution in [0.25, 0.3) is 11.2 Å². The van der Waals surface area contributed by atoms with Crippen molar-refractivity contribution in [1.82, 2.24) is 19.5 Å². The lowest BCUT2D eigenvalue weighted by molar-refractivity contribution is -0.137. The first-order valence-electron chi connectivity index (χ1n) is 9.87. The van der Waals surface area contributed by atoms with Gasteiger partial charge in [-0.3, -0.25) is 0 Å². The summed E-state index contributed by atoms with van der Waals surface area (Å²) in [6.07, 6.45) is -3.45. The largest absolute Gasteiger partial charge is 0.416 e. The lowest BCUT2D eigenvalue weighted by Crippen LogP contribution is -2.31. The van der Waals surface area contributed by atoms with Crippen LogP contribution in [0.2, 0.25) is 5.28 Å². The van der Waals surface area contributed by atoms with Gasteiger partial charge in [0.15, 0.2) is 17.0 Å². The van der Waals surface area contributed by atoms with Crippen molar-refractivity contribution in [2.24, 2.45) is 17.8 Å². The summed E-state index contributed by atoms with van der Waals surface area (Å²) in [7, 11) is 0. The predicted octanol–water partition coefficient (Wildman–Crippen LogP) is 3.10. The summed E-state index contributed by atoms with van der Waals surface area (Å²) in [4.78, 5) is 12.7. The summed E-state index contributed by atoms with van der Waals surface area (Å²) in [5, 5.41) is 23.3. The third-order valence-corrected chi connectivity index (χ3v) is 6.40. The fourth-order valence-corrected chi connectivity index (χ4v) is 4.73. The Kier molecular flexibility index (Phi) is 4.83. The fourth-order valence-electron chi connectivity index (χ4n) is 4.57. The maximum Gasteiger partial charge on any atom is 0.416 e. The molecule has 3 N–H and O–H groups in total. The van der Waals surface area contributed by atoms with Crippen molar-refractivity contribution in [3.63, 3.8) is 0 Å². The van der Waals surface area contributed by atoms with Gasteiger partial charge in [-0.2, -0.15) is 23.1 Å². The van der Waals surface area contributed by atoms with Crippen LogP contribution in [-0.4, -0.2) is 41.9 Å². The maximum absolute atomic E-state index is 12.9. The Labute approximate surface area is 179 Å². The van der Waals surface area contributed by atoms with Crippen LogP contribution < -0.4 is 5.32 Å². The molecule has 2 aliphatic rings. The number of alkyl halides is 3. The number of aliphatic hydroxyl groups excluding tert-OH is 2. The van der Waals surface area contributed by atoms with E-state index < -0.39 is 23.9 Å². The second-order valence-electron chi connectivity index (χ2n) is 8.17. The molecule has 5 atom stereocenters. The summed E-state index contributed by atoms with van der Waals surface area (Å²) in [6.45, 7) is 0.521. The number of hydrogen-bond donors (Lipinski definition) is 3. The lowest BCUT2D eigenvalue weighted by atomic mass is 9.99. The van der Waals surface area contributed by atoms with Gasteiger partial charge in [-0.1, -0.05) is 12.1 Å². The molecule has 0 saturated heterocycles. The van der Waals surface area contributed by atoms with Gasteiger partial charge in [-0.05, 0) is 47.6 Å². The number of fused-ring (bicyclic) bond motifs is 2. The van der Waals surface area contributed by atoms with Crippen molar-refractivity contribution < 1.29 is 23.4 Å². The van der Waals surface area contributed by atoms with Crippen molar-refractivity contribution in [2.75, 3.05) is 5.32 Å².